The van der Waals surface area contributed by atoms with Crippen molar-refractivity contribution >= 4 is 17.1 Å². The average molecular weight is 452 g/mol. The zero-order chi connectivity index (χ0) is 22.7. The molecule has 33 heavy (non-hydrogen) atoms. The first-order chi connectivity index (χ1) is 16.0. The van der Waals surface area contributed by atoms with Crippen molar-refractivity contribution in [3.63, 3.8) is 0 Å². The molecular weight excluding hydrogens is 433 g/mol. The number of pyridine rings is 1. The number of ether oxygens (including phenoxy) is 1. The lowest BCUT2D eigenvalue weighted by molar-refractivity contribution is 0.280. The zero-order valence-electron chi connectivity index (χ0n) is 17.6. The predicted molar refractivity (Wildman–Crippen MR) is 114 cm³/mol. The molecule has 168 valence electrons. The van der Waals surface area contributed by atoms with Gasteiger partial charge in [-0.3, -0.25) is 0 Å². The van der Waals surface area contributed by atoms with Crippen molar-refractivity contribution in [2.45, 2.75) is 0 Å². The van der Waals surface area contributed by atoms with Gasteiger partial charge in [0.1, 0.15) is 34.7 Å². The van der Waals surface area contributed by atoms with Gasteiger partial charge in [-0.15, -0.1) is 0 Å². The Morgan fingerprint density at radius 2 is 1.70 bits per heavy atom. The number of hydrogen-bond acceptors (Lipinski definition) is 6. The molecule has 2 fully saturated rings. The Kier molecular flexibility index (Phi) is 4.49. The minimum Gasteiger partial charge on any atom is -0.493 e. The molecule has 10 heteroatoms. The number of piperidine rings is 1. The van der Waals surface area contributed by atoms with Crippen LogP contribution in [0, 0.1) is 35.2 Å². The van der Waals surface area contributed by atoms with Crippen LogP contribution in [0.15, 0.2) is 42.7 Å². The van der Waals surface area contributed by atoms with Crippen LogP contribution in [-0.4, -0.2) is 44.2 Å². The fraction of sp³-hybridized carbons (Fsp3) is 0.304. The number of rotatable bonds is 5. The number of fused-ring (bicyclic) bond motifs is 2. The van der Waals surface area contributed by atoms with Gasteiger partial charge < -0.3 is 14.2 Å². The van der Waals surface area contributed by atoms with Gasteiger partial charge in [0.05, 0.1) is 19.0 Å². The molecule has 6 rings (SSSR count). The van der Waals surface area contributed by atoms with Crippen LogP contribution in [0.3, 0.4) is 0 Å². The number of benzene rings is 1. The summed E-state index contributed by atoms with van der Waals surface area (Å²) in [7, 11) is 1.83. The molecule has 0 amide bonds. The summed E-state index contributed by atoms with van der Waals surface area (Å²) in [5.41, 5.74) is 1.67. The summed E-state index contributed by atoms with van der Waals surface area (Å²) in [5.74, 6) is 1.11. The highest BCUT2D eigenvalue weighted by Gasteiger charge is 2.56. The second-order valence-corrected chi connectivity index (χ2v) is 8.54. The van der Waals surface area contributed by atoms with Gasteiger partial charge in [-0.25, -0.2) is 33.1 Å². The lowest BCUT2D eigenvalue weighted by Crippen LogP contribution is -2.26. The second-order valence-electron chi connectivity index (χ2n) is 8.54. The smallest absolute Gasteiger partial charge is 0.198 e. The third-order valence-corrected chi connectivity index (χ3v) is 6.50. The van der Waals surface area contributed by atoms with Gasteiger partial charge in [-0.1, -0.05) is 0 Å². The summed E-state index contributed by atoms with van der Waals surface area (Å²) in [5, 5.41) is 0. The quantitative estimate of drug-likeness (QED) is 0.461. The summed E-state index contributed by atoms with van der Waals surface area (Å²) in [6.07, 6.45) is 2.87. The van der Waals surface area contributed by atoms with Crippen LogP contribution in [0.2, 0.25) is 0 Å². The summed E-state index contributed by atoms with van der Waals surface area (Å²) in [4.78, 5) is 20.0. The maximum atomic E-state index is 13.3. The average Bonchev–Trinajstić information content (AvgIpc) is 3.10. The number of nitrogens with zero attached hydrogens (tertiary/aromatic N) is 6. The molecule has 3 atom stereocenters. The molecular formula is C23H19F3N6O. The molecule has 1 unspecified atom stereocenters. The molecule has 0 spiro atoms. The molecule has 1 aliphatic carbocycles. The summed E-state index contributed by atoms with van der Waals surface area (Å²) in [6, 6.07) is 6.14. The molecule has 4 aromatic rings. The fourth-order valence-corrected chi connectivity index (χ4v) is 4.72. The molecule has 0 radical (unpaired) electrons. The van der Waals surface area contributed by atoms with Gasteiger partial charge in [-0.2, -0.15) is 0 Å². The molecule has 1 aliphatic heterocycles. The molecule has 2 aliphatic rings. The van der Waals surface area contributed by atoms with E-state index in [-0.39, 0.29) is 5.75 Å². The van der Waals surface area contributed by atoms with E-state index in [1.54, 1.807) is 16.8 Å². The van der Waals surface area contributed by atoms with E-state index in [4.69, 9.17) is 9.72 Å². The van der Waals surface area contributed by atoms with Gasteiger partial charge in [-0.05, 0) is 24.0 Å². The Balaban J connectivity index is 1.14. The third-order valence-electron chi connectivity index (χ3n) is 6.50. The Bertz CT molecular complexity index is 1330. The minimum absolute atomic E-state index is 0.216. The number of hydrogen-bond donors (Lipinski definition) is 0. The molecule has 1 aromatic carbocycles. The first-order valence-corrected chi connectivity index (χ1v) is 10.6. The predicted octanol–water partition coefficient (Wildman–Crippen LogP) is 3.60. The van der Waals surface area contributed by atoms with Gasteiger partial charge in [0.2, 0.25) is 0 Å². The van der Waals surface area contributed by atoms with Crippen molar-refractivity contribution in [2.24, 2.45) is 24.8 Å². The Morgan fingerprint density at radius 1 is 0.939 bits per heavy atom. The van der Waals surface area contributed by atoms with Crippen molar-refractivity contribution in [1.29, 1.82) is 0 Å². The number of aryl methyl sites for hydroxylation is 1. The van der Waals surface area contributed by atoms with Crippen molar-refractivity contribution in [2.75, 3.05) is 24.6 Å². The molecule has 1 saturated carbocycles. The largest absolute Gasteiger partial charge is 0.493 e. The first-order valence-electron chi connectivity index (χ1n) is 10.6. The maximum Gasteiger partial charge on any atom is 0.198 e. The van der Waals surface area contributed by atoms with Crippen molar-refractivity contribution in [3.05, 3.63) is 60.2 Å². The monoisotopic (exact) mass is 452 g/mol. The molecule has 7 nitrogen and oxygen atoms in total. The van der Waals surface area contributed by atoms with Gasteiger partial charge in [0.25, 0.3) is 0 Å². The minimum atomic E-state index is -0.644. The summed E-state index contributed by atoms with van der Waals surface area (Å²) < 4.78 is 47.3. The SMILES string of the molecule is Cn1c(-c2ccc(F)cn2)nc2ncc(N3C[C@@H]4C(COc5cc(F)cc(F)c5)[C@@H]4C3)nc21. The van der Waals surface area contributed by atoms with Crippen LogP contribution < -0.4 is 9.64 Å². The summed E-state index contributed by atoms with van der Waals surface area (Å²) >= 11 is 0. The van der Waals surface area contributed by atoms with Gasteiger partial charge in [0, 0.05) is 44.3 Å². The Morgan fingerprint density at radius 3 is 2.39 bits per heavy atom. The number of aromatic nitrogens is 5. The van der Waals surface area contributed by atoms with Crippen LogP contribution >= 0.6 is 0 Å². The number of anilines is 1. The van der Waals surface area contributed by atoms with E-state index in [0.29, 0.717) is 47.2 Å². The third kappa shape index (κ3) is 3.55. The lowest BCUT2D eigenvalue weighted by atomic mass is 10.2. The van der Waals surface area contributed by atoms with Crippen LogP contribution in [-0.2, 0) is 7.05 Å². The molecule has 4 heterocycles. The Labute approximate surface area is 186 Å². The molecule has 1 saturated heterocycles. The highest BCUT2D eigenvalue weighted by molar-refractivity contribution is 5.74. The topological polar surface area (TPSA) is 69.0 Å². The van der Waals surface area contributed by atoms with E-state index in [1.807, 2.05) is 7.05 Å². The van der Waals surface area contributed by atoms with Gasteiger partial charge >= 0.3 is 0 Å². The number of halogens is 3. The van der Waals surface area contributed by atoms with Crippen molar-refractivity contribution in [1.82, 2.24) is 24.5 Å². The highest BCUT2D eigenvalue weighted by Crippen LogP contribution is 2.52. The zero-order valence-corrected chi connectivity index (χ0v) is 17.6. The van der Waals surface area contributed by atoms with Crippen LogP contribution in [0.1, 0.15) is 0 Å². The van der Waals surface area contributed by atoms with E-state index in [2.05, 4.69) is 19.9 Å². The fourth-order valence-electron chi connectivity index (χ4n) is 4.72. The van der Waals surface area contributed by atoms with Crippen LogP contribution in [0.4, 0.5) is 19.0 Å². The molecule has 0 N–H and O–H groups in total. The van der Waals surface area contributed by atoms with Crippen molar-refractivity contribution in [3.8, 4) is 17.3 Å². The lowest BCUT2D eigenvalue weighted by Gasteiger charge is -2.20. The standard InChI is InChI=1S/C23H19F3N6O/c1-31-22(19-3-2-12(24)7-27-19)30-21-23(31)29-20(8-28-21)32-9-16-17(10-32)18(16)11-33-15-5-13(25)4-14(26)6-15/h2-8,16-18H,9-11H2,1H3/t16-,17+,18?. The normalized spacial score (nSPS) is 21.5. The second kappa shape index (κ2) is 7.43. The van der Waals surface area contributed by atoms with E-state index in [0.717, 1.165) is 31.2 Å². The van der Waals surface area contributed by atoms with Crippen molar-refractivity contribution < 1.29 is 17.9 Å². The number of imidazole rings is 1. The van der Waals surface area contributed by atoms with E-state index >= 15 is 0 Å². The Hall–Kier alpha value is -3.69. The van der Waals surface area contributed by atoms with E-state index in [9.17, 15) is 13.2 Å². The van der Waals surface area contributed by atoms with E-state index < -0.39 is 17.5 Å². The van der Waals surface area contributed by atoms with Crippen LogP contribution in [0.25, 0.3) is 22.8 Å². The first kappa shape index (κ1) is 20.0. The molecule has 0 bridgehead atoms. The van der Waals surface area contributed by atoms with Crippen LogP contribution in [0.5, 0.6) is 5.75 Å². The van der Waals surface area contributed by atoms with E-state index in [1.165, 1.54) is 18.2 Å². The summed E-state index contributed by atoms with van der Waals surface area (Å²) in [6.45, 7) is 2.08. The maximum absolute atomic E-state index is 13.3. The van der Waals surface area contributed by atoms with Gasteiger partial charge in [0.15, 0.2) is 17.1 Å². The highest BCUT2D eigenvalue weighted by atomic mass is 19.1. The molecule has 3 aromatic heterocycles.